The minimum Gasteiger partial charge on any atom is -0.456 e. The summed E-state index contributed by atoms with van der Waals surface area (Å²) in [6.45, 7) is 4.02. The summed E-state index contributed by atoms with van der Waals surface area (Å²) in [7, 11) is 0. The first kappa shape index (κ1) is 15.8. The van der Waals surface area contributed by atoms with Crippen LogP contribution in [0.1, 0.15) is 24.5 Å². The maximum atomic E-state index is 13.1. The van der Waals surface area contributed by atoms with Crippen molar-refractivity contribution >= 4 is 11.6 Å². The molecule has 0 aliphatic rings. The normalized spacial score (nSPS) is 12.2. The lowest BCUT2D eigenvalue weighted by molar-refractivity contribution is 0.476. The van der Waals surface area contributed by atoms with Crippen LogP contribution < -0.4 is 10.5 Å². The minimum atomic E-state index is -0.383. The van der Waals surface area contributed by atoms with Crippen molar-refractivity contribution in [3.63, 3.8) is 0 Å². The van der Waals surface area contributed by atoms with Crippen LogP contribution in [0, 0.1) is 12.7 Å². The Labute approximate surface area is 129 Å². The van der Waals surface area contributed by atoms with Gasteiger partial charge in [0.2, 0.25) is 0 Å². The lowest BCUT2D eigenvalue weighted by Crippen LogP contribution is -2.21. The van der Waals surface area contributed by atoms with E-state index in [-0.39, 0.29) is 16.9 Å². The van der Waals surface area contributed by atoms with Crippen LogP contribution in [0.5, 0.6) is 11.5 Å². The third-order valence-electron chi connectivity index (χ3n) is 3.39. The number of benzene rings is 2. The average molecular weight is 308 g/mol. The summed E-state index contributed by atoms with van der Waals surface area (Å²) in [6, 6.07) is 10.2. The van der Waals surface area contributed by atoms with E-state index < -0.39 is 0 Å². The Morgan fingerprint density at radius 2 is 1.95 bits per heavy atom. The lowest BCUT2D eigenvalue weighted by Gasteiger charge is -2.14. The topological polar surface area (TPSA) is 35.2 Å². The van der Waals surface area contributed by atoms with Crippen molar-refractivity contribution in [1.82, 2.24) is 0 Å². The lowest BCUT2D eigenvalue weighted by atomic mass is 10.0. The first-order chi connectivity index (χ1) is 9.99. The fourth-order valence-electron chi connectivity index (χ4n) is 2.00. The first-order valence-corrected chi connectivity index (χ1v) is 7.35. The van der Waals surface area contributed by atoms with Crippen molar-refractivity contribution in [3.05, 3.63) is 58.4 Å². The molecule has 112 valence electrons. The summed E-state index contributed by atoms with van der Waals surface area (Å²) >= 11 is 5.99. The van der Waals surface area contributed by atoms with Crippen LogP contribution in [0.3, 0.4) is 0 Å². The number of hydrogen-bond donors (Lipinski definition) is 1. The van der Waals surface area contributed by atoms with E-state index in [0.717, 1.165) is 24.0 Å². The van der Waals surface area contributed by atoms with Gasteiger partial charge in [0, 0.05) is 6.04 Å². The number of ether oxygens (including phenoxy) is 1. The Hall–Kier alpha value is -1.58. The summed E-state index contributed by atoms with van der Waals surface area (Å²) in [5.74, 6) is 0.772. The van der Waals surface area contributed by atoms with E-state index in [0.29, 0.717) is 11.5 Å². The molecule has 0 saturated heterocycles. The fraction of sp³-hybridized carbons (Fsp3) is 0.294. The molecule has 0 amide bonds. The highest BCUT2D eigenvalue weighted by Gasteiger charge is 2.09. The van der Waals surface area contributed by atoms with Crippen molar-refractivity contribution in [3.8, 4) is 11.5 Å². The Balaban J connectivity index is 2.24. The number of aryl methyl sites for hydroxylation is 1. The van der Waals surface area contributed by atoms with E-state index in [9.17, 15) is 4.39 Å². The highest BCUT2D eigenvalue weighted by molar-refractivity contribution is 6.32. The average Bonchev–Trinajstić information content (AvgIpc) is 2.45. The van der Waals surface area contributed by atoms with Gasteiger partial charge in [-0.2, -0.15) is 0 Å². The quantitative estimate of drug-likeness (QED) is 0.856. The summed E-state index contributed by atoms with van der Waals surface area (Å²) in [5.41, 5.74) is 8.09. The molecule has 0 bridgehead atoms. The molecule has 0 radical (unpaired) electrons. The third-order valence-corrected chi connectivity index (χ3v) is 3.68. The minimum absolute atomic E-state index is 0.134. The van der Waals surface area contributed by atoms with E-state index in [1.807, 2.05) is 25.1 Å². The summed E-state index contributed by atoms with van der Waals surface area (Å²) in [4.78, 5) is 0. The van der Waals surface area contributed by atoms with Crippen LogP contribution in [0.15, 0.2) is 36.4 Å². The van der Waals surface area contributed by atoms with Crippen molar-refractivity contribution in [2.45, 2.75) is 32.7 Å². The van der Waals surface area contributed by atoms with Gasteiger partial charge in [-0.25, -0.2) is 4.39 Å². The van der Waals surface area contributed by atoms with Gasteiger partial charge in [0.05, 0.1) is 5.02 Å². The molecular weight excluding hydrogens is 289 g/mol. The van der Waals surface area contributed by atoms with Gasteiger partial charge in [0.1, 0.15) is 17.3 Å². The highest BCUT2D eigenvalue weighted by Crippen LogP contribution is 2.32. The van der Waals surface area contributed by atoms with Gasteiger partial charge in [0.15, 0.2) is 0 Å². The van der Waals surface area contributed by atoms with Crippen molar-refractivity contribution < 1.29 is 9.13 Å². The zero-order chi connectivity index (χ0) is 15.4. The van der Waals surface area contributed by atoms with Crippen LogP contribution in [0.25, 0.3) is 0 Å². The Morgan fingerprint density at radius 3 is 2.62 bits per heavy atom. The SMILES string of the molecule is CCC(N)Cc1ccc(C)c(Oc2ccc(F)cc2Cl)c1. The second-order valence-corrected chi connectivity index (χ2v) is 5.56. The molecule has 4 heteroatoms. The van der Waals surface area contributed by atoms with E-state index >= 15 is 0 Å². The van der Waals surface area contributed by atoms with Crippen molar-refractivity contribution in [2.75, 3.05) is 0 Å². The second-order valence-electron chi connectivity index (χ2n) is 5.15. The fourth-order valence-corrected chi connectivity index (χ4v) is 2.21. The maximum Gasteiger partial charge on any atom is 0.146 e. The van der Waals surface area contributed by atoms with Crippen LogP contribution >= 0.6 is 11.6 Å². The molecule has 2 aromatic rings. The molecule has 1 unspecified atom stereocenters. The van der Waals surface area contributed by atoms with Gasteiger partial charge in [-0.1, -0.05) is 30.7 Å². The zero-order valence-electron chi connectivity index (χ0n) is 12.2. The summed E-state index contributed by atoms with van der Waals surface area (Å²) in [5, 5.41) is 0.255. The first-order valence-electron chi connectivity index (χ1n) is 6.97. The third kappa shape index (κ3) is 4.19. The number of nitrogens with two attached hydrogens (primary N) is 1. The van der Waals surface area contributed by atoms with Crippen LogP contribution in [-0.2, 0) is 6.42 Å². The number of halogens is 2. The maximum absolute atomic E-state index is 13.1. The molecule has 0 spiro atoms. The molecule has 0 aromatic heterocycles. The molecule has 1 atom stereocenters. The molecule has 0 heterocycles. The molecule has 0 aliphatic heterocycles. The predicted molar refractivity (Wildman–Crippen MR) is 84.6 cm³/mol. The van der Waals surface area contributed by atoms with Gasteiger partial charge in [-0.15, -0.1) is 0 Å². The molecule has 2 N–H and O–H groups in total. The Bertz CT molecular complexity index is 630. The summed E-state index contributed by atoms with van der Waals surface area (Å²) in [6.07, 6.45) is 1.72. The summed E-state index contributed by atoms with van der Waals surface area (Å²) < 4.78 is 18.9. The van der Waals surface area contributed by atoms with Crippen LogP contribution in [-0.4, -0.2) is 6.04 Å². The Morgan fingerprint density at radius 1 is 1.19 bits per heavy atom. The predicted octanol–water partition coefficient (Wildman–Crippen LogP) is 4.86. The molecule has 0 saturated carbocycles. The van der Waals surface area contributed by atoms with Crippen molar-refractivity contribution in [2.24, 2.45) is 5.73 Å². The molecular formula is C17H19ClFNO. The largest absolute Gasteiger partial charge is 0.456 e. The zero-order valence-corrected chi connectivity index (χ0v) is 13.0. The molecule has 2 aromatic carbocycles. The van der Waals surface area contributed by atoms with Gasteiger partial charge in [-0.05, 0) is 55.2 Å². The van der Waals surface area contributed by atoms with E-state index in [1.165, 1.54) is 18.2 Å². The number of hydrogen-bond acceptors (Lipinski definition) is 2. The van der Waals surface area contributed by atoms with Gasteiger partial charge in [0.25, 0.3) is 0 Å². The standard InChI is InChI=1S/C17H19ClFNO/c1-3-14(20)8-12-5-4-11(2)17(9-12)21-16-7-6-13(19)10-15(16)18/h4-7,9-10,14H,3,8,20H2,1-2H3. The smallest absolute Gasteiger partial charge is 0.146 e. The molecule has 0 fully saturated rings. The van der Waals surface area contributed by atoms with E-state index in [4.69, 9.17) is 22.1 Å². The highest BCUT2D eigenvalue weighted by atomic mass is 35.5. The molecule has 2 nitrogen and oxygen atoms in total. The van der Waals surface area contributed by atoms with Crippen LogP contribution in [0.4, 0.5) is 4.39 Å². The molecule has 2 rings (SSSR count). The van der Waals surface area contributed by atoms with Crippen molar-refractivity contribution in [1.29, 1.82) is 0 Å². The van der Waals surface area contributed by atoms with E-state index in [2.05, 4.69) is 6.92 Å². The Kier molecular flexibility index (Phi) is 5.21. The van der Waals surface area contributed by atoms with Gasteiger partial charge in [-0.3, -0.25) is 0 Å². The molecule has 0 aliphatic carbocycles. The number of rotatable bonds is 5. The van der Waals surface area contributed by atoms with Gasteiger partial charge < -0.3 is 10.5 Å². The van der Waals surface area contributed by atoms with E-state index in [1.54, 1.807) is 0 Å². The monoisotopic (exact) mass is 307 g/mol. The molecule has 21 heavy (non-hydrogen) atoms. The second kappa shape index (κ2) is 6.92. The van der Waals surface area contributed by atoms with Gasteiger partial charge >= 0.3 is 0 Å². The van der Waals surface area contributed by atoms with Crippen LogP contribution in [0.2, 0.25) is 5.02 Å².